The second kappa shape index (κ2) is 9.05. The first-order valence-electron chi connectivity index (χ1n) is 10.5. The quantitative estimate of drug-likeness (QED) is 0.639. The molecule has 2 amide bonds. The summed E-state index contributed by atoms with van der Waals surface area (Å²) in [5.74, 6) is -1.22. The lowest BCUT2D eigenvalue weighted by Crippen LogP contribution is -2.47. The van der Waals surface area contributed by atoms with Gasteiger partial charge in [-0.1, -0.05) is 0 Å². The average molecular weight is 488 g/mol. The summed E-state index contributed by atoms with van der Waals surface area (Å²) in [5.41, 5.74) is -0.496. The fourth-order valence-electron chi connectivity index (χ4n) is 4.31. The largest absolute Gasteiger partial charge is 0.454 e. The van der Waals surface area contributed by atoms with Gasteiger partial charge in [-0.3, -0.25) is 9.59 Å². The van der Waals surface area contributed by atoms with E-state index in [1.807, 2.05) is 11.8 Å². The zero-order chi connectivity index (χ0) is 23.8. The molecule has 0 aromatic heterocycles. The van der Waals surface area contributed by atoms with Crippen molar-refractivity contribution in [2.45, 2.75) is 36.9 Å². The molecule has 0 radical (unpaired) electrons. The summed E-state index contributed by atoms with van der Waals surface area (Å²) in [5, 5.41) is 2.44. The lowest BCUT2D eigenvalue weighted by atomic mass is 10.1. The van der Waals surface area contributed by atoms with Gasteiger partial charge in [-0.15, -0.1) is 11.8 Å². The molecule has 3 fully saturated rings. The molecule has 0 unspecified atom stereocenters. The van der Waals surface area contributed by atoms with Crippen LogP contribution < -0.4 is 10.2 Å². The van der Waals surface area contributed by atoms with Crippen molar-refractivity contribution in [3.05, 3.63) is 23.8 Å². The van der Waals surface area contributed by atoms with Crippen molar-refractivity contribution < 1.29 is 37.0 Å². The molecule has 3 heterocycles. The third-order valence-corrected chi connectivity index (χ3v) is 7.52. The van der Waals surface area contributed by atoms with Crippen LogP contribution in [0.25, 0.3) is 0 Å². The minimum atomic E-state index is -4.58. The molecule has 0 aliphatic carbocycles. The Hall–Kier alpha value is -2.47. The zero-order valence-corrected chi connectivity index (χ0v) is 18.8. The average Bonchev–Trinajstić information content (AvgIpc) is 3.27. The molecule has 12 heteroatoms. The van der Waals surface area contributed by atoms with Crippen LogP contribution in [0.1, 0.15) is 25.3 Å². The third-order valence-electron chi connectivity index (χ3n) is 6.01. The molecule has 3 aliphatic heterocycles. The smallest absolute Gasteiger partial charge is 0.416 e. The molecule has 2 atom stereocenters. The number of rotatable bonds is 5. The summed E-state index contributed by atoms with van der Waals surface area (Å²) in [6, 6.07) is 2.36. The van der Waals surface area contributed by atoms with Crippen LogP contribution in [0.3, 0.4) is 0 Å². The highest BCUT2D eigenvalue weighted by atomic mass is 32.2. The van der Waals surface area contributed by atoms with E-state index in [-0.39, 0.29) is 11.6 Å². The van der Waals surface area contributed by atoms with Crippen molar-refractivity contribution in [3.63, 3.8) is 0 Å². The highest BCUT2D eigenvalue weighted by Crippen LogP contribution is 2.47. The van der Waals surface area contributed by atoms with Gasteiger partial charge in [0.05, 0.1) is 35.0 Å². The van der Waals surface area contributed by atoms with Crippen molar-refractivity contribution in [2.75, 3.05) is 48.9 Å². The Morgan fingerprint density at radius 3 is 2.73 bits per heavy atom. The molecule has 4 rings (SSSR count). The van der Waals surface area contributed by atoms with Crippen LogP contribution in [0, 0.1) is 0 Å². The number of alkyl halides is 3. The second-order valence-electron chi connectivity index (χ2n) is 8.25. The first-order valence-corrected chi connectivity index (χ1v) is 11.5. The molecule has 1 N–H and O–H groups in total. The normalized spacial score (nSPS) is 25.2. The number of carbonyl (C=O) groups excluding carboxylic acids is 3. The predicted molar refractivity (Wildman–Crippen MR) is 115 cm³/mol. The Bertz CT molecular complexity index is 954. The summed E-state index contributed by atoms with van der Waals surface area (Å²) >= 11 is 1.50. The van der Waals surface area contributed by atoms with Gasteiger partial charge in [0.15, 0.2) is 6.61 Å². The molecule has 8 nitrogen and oxygen atoms in total. The van der Waals surface area contributed by atoms with Crippen molar-refractivity contribution >= 4 is 40.9 Å². The maximum Gasteiger partial charge on any atom is 0.416 e. The number of anilines is 2. The Morgan fingerprint density at radius 1 is 1.30 bits per heavy atom. The van der Waals surface area contributed by atoms with Crippen molar-refractivity contribution in [1.82, 2.24) is 4.90 Å². The summed E-state index contributed by atoms with van der Waals surface area (Å²) in [7, 11) is 0. The number of nitrogens with one attached hydrogen (secondary N) is 1. The molecule has 3 aliphatic rings. The van der Waals surface area contributed by atoms with Crippen LogP contribution in [0.2, 0.25) is 0 Å². The van der Waals surface area contributed by atoms with Gasteiger partial charge < -0.3 is 24.6 Å². The topological polar surface area (TPSA) is 88.2 Å². The maximum atomic E-state index is 13.2. The number of morpholine rings is 1. The van der Waals surface area contributed by atoms with E-state index >= 15 is 0 Å². The molecule has 180 valence electrons. The highest BCUT2D eigenvalue weighted by molar-refractivity contribution is 8.01. The number of carbonyl (C=O) groups is 3. The summed E-state index contributed by atoms with van der Waals surface area (Å²) in [4.78, 5) is 40.1. The fourth-order valence-corrected chi connectivity index (χ4v) is 5.72. The Morgan fingerprint density at radius 2 is 2.03 bits per heavy atom. The van der Waals surface area contributed by atoms with Crippen LogP contribution in [0.15, 0.2) is 18.2 Å². The lowest BCUT2D eigenvalue weighted by Gasteiger charge is -2.31. The number of nitrogens with zero attached hydrogens (tertiary/aromatic N) is 2. The van der Waals surface area contributed by atoms with Crippen LogP contribution in [-0.4, -0.2) is 72.3 Å². The van der Waals surface area contributed by atoms with Gasteiger partial charge in [-0.05, 0) is 31.5 Å². The van der Waals surface area contributed by atoms with E-state index in [2.05, 4.69) is 5.32 Å². The maximum absolute atomic E-state index is 13.2. The summed E-state index contributed by atoms with van der Waals surface area (Å²) < 4.78 is 50.1. The molecular formula is C21H24F3N3O5S. The van der Waals surface area contributed by atoms with E-state index in [0.29, 0.717) is 50.6 Å². The molecular weight excluding hydrogens is 463 g/mol. The number of fused-ring (bicyclic) bond motifs is 1. The van der Waals surface area contributed by atoms with Crippen molar-refractivity contribution in [1.29, 1.82) is 0 Å². The molecule has 1 aromatic carbocycles. The molecule has 1 aromatic rings. The van der Waals surface area contributed by atoms with Crippen LogP contribution in [0.4, 0.5) is 24.5 Å². The van der Waals surface area contributed by atoms with Gasteiger partial charge >= 0.3 is 12.1 Å². The molecule has 0 bridgehead atoms. The number of halogens is 3. The number of esters is 1. The number of hydrogen-bond acceptors (Lipinski definition) is 7. The summed E-state index contributed by atoms with van der Waals surface area (Å²) in [6.07, 6.45) is -3.58. The van der Waals surface area contributed by atoms with Crippen LogP contribution in [0.5, 0.6) is 0 Å². The van der Waals surface area contributed by atoms with Gasteiger partial charge in [-0.25, -0.2) is 4.79 Å². The Labute approximate surface area is 192 Å². The number of hydrogen-bond donors (Lipinski definition) is 1. The van der Waals surface area contributed by atoms with Crippen molar-refractivity contribution in [2.24, 2.45) is 0 Å². The fraction of sp³-hybridized carbons (Fsp3) is 0.571. The van der Waals surface area contributed by atoms with E-state index in [1.54, 1.807) is 0 Å². The summed E-state index contributed by atoms with van der Waals surface area (Å²) in [6.45, 7) is 2.98. The number of amides is 2. The van der Waals surface area contributed by atoms with Gasteiger partial charge in [0.25, 0.3) is 5.91 Å². The minimum Gasteiger partial charge on any atom is -0.454 e. The lowest BCUT2D eigenvalue weighted by molar-refractivity contribution is -0.155. The number of thioether (sulfide) groups is 1. The standard InChI is InChI=1S/C21H24F3N3O5S/c1-20-5-4-18(29)27(20)16(12-33-20)19(30)32-11-17(28)25-14-10-13(21(22,23)24)2-3-15(14)26-6-8-31-9-7-26/h2-3,10,16H,4-9,11-12H2,1H3,(H,25,28)/t16-,20-/m1/s1. The first-order chi connectivity index (χ1) is 15.6. The SMILES string of the molecule is C[C@@]12CCC(=O)N1[C@@H](C(=O)OCC(=O)Nc1cc(C(F)(F)F)ccc1N1CCOCC1)CS2. The van der Waals surface area contributed by atoms with E-state index in [9.17, 15) is 27.6 Å². The van der Waals surface area contributed by atoms with Crippen LogP contribution >= 0.6 is 11.8 Å². The van der Waals surface area contributed by atoms with E-state index in [4.69, 9.17) is 9.47 Å². The third kappa shape index (κ3) is 4.91. The first kappa shape index (κ1) is 23.7. The Balaban J connectivity index is 1.43. The highest BCUT2D eigenvalue weighted by Gasteiger charge is 2.53. The van der Waals surface area contributed by atoms with Crippen LogP contribution in [-0.2, 0) is 30.0 Å². The number of ether oxygens (including phenoxy) is 2. The molecule has 3 saturated heterocycles. The minimum absolute atomic E-state index is 0.0218. The van der Waals surface area contributed by atoms with Gasteiger partial charge in [0.2, 0.25) is 5.91 Å². The number of benzene rings is 1. The van der Waals surface area contributed by atoms with Gasteiger partial charge in [0, 0.05) is 25.3 Å². The van der Waals surface area contributed by atoms with Gasteiger partial charge in [-0.2, -0.15) is 13.2 Å². The van der Waals surface area contributed by atoms with E-state index < -0.39 is 41.1 Å². The van der Waals surface area contributed by atoms with E-state index in [0.717, 1.165) is 12.1 Å². The second-order valence-corrected chi connectivity index (χ2v) is 9.75. The monoisotopic (exact) mass is 487 g/mol. The predicted octanol–water partition coefficient (Wildman–Crippen LogP) is 2.48. The van der Waals surface area contributed by atoms with E-state index in [1.165, 1.54) is 22.7 Å². The molecule has 0 saturated carbocycles. The van der Waals surface area contributed by atoms with Gasteiger partial charge in [0.1, 0.15) is 6.04 Å². The molecule has 0 spiro atoms. The van der Waals surface area contributed by atoms with Crippen molar-refractivity contribution in [3.8, 4) is 0 Å². The Kier molecular flexibility index (Phi) is 6.50. The molecule has 33 heavy (non-hydrogen) atoms. The zero-order valence-electron chi connectivity index (χ0n) is 17.9.